The molecular formula is C26H40N2O3. The Morgan fingerprint density at radius 1 is 0.968 bits per heavy atom. The summed E-state index contributed by atoms with van der Waals surface area (Å²) < 4.78 is 14.0. The molecule has 0 amide bonds. The number of fused-ring (bicyclic) bond motifs is 1. The van der Waals surface area contributed by atoms with E-state index in [0.29, 0.717) is 36.9 Å². The van der Waals surface area contributed by atoms with E-state index in [4.69, 9.17) is 15.2 Å². The fraction of sp³-hybridized carbons (Fsp3) is 0.577. The molecule has 0 aliphatic rings. The normalized spacial score (nSPS) is 11.0. The van der Waals surface area contributed by atoms with Crippen molar-refractivity contribution in [1.29, 1.82) is 0 Å². The molecular weight excluding hydrogens is 388 g/mol. The first-order valence-corrected chi connectivity index (χ1v) is 11.8. The van der Waals surface area contributed by atoms with Gasteiger partial charge in [-0.1, -0.05) is 57.9 Å². The Labute approximate surface area is 187 Å². The van der Waals surface area contributed by atoms with Crippen LogP contribution in [0.25, 0.3) is 10.9 Å². The highest BCUT2D eigenvalue weighted by molar-refractivity contribution is 5.90. The number of benzene rings is 1. The maximum absolute atomic E-state index is 13.4. The van der Waals surface area contributed by atoms with Crippen molar-refractivity contribution >= 4 is 16.6 Å². The molecule has 2 N–H and O–H groups in total. The Morgan fingerprint density at radius 2 is 1.68 bits per heavy atom. The van der Waals surface area contributed by atoms with Crippen LogP contribution in [-0.4, -0.2) is 17.8 Å². The molecule has 2 aromatic rings. The minimum Gasteiger partial charge on any atom is -0.485 e. The summed E-state index contributed by atoms with van der Waals surface area (Å²) in [5.74, 6) is 0.848. The second-order valence-corrected chi connectivity index (χ2v) is 8.45. The predicted molar refractivity (Wildman–Crippen MR) is 131 cm³/mol. The van der Waals surface area contributed by atoms with Crippen LogP contribution in [0.1, 0.15) is 79.1 Å². The van der Waals surface area contributed by atoms with Gasteiger partial charge in [0.15, 0.2) is 5.75 Å². The molecule has 2 rings (SSSR count). The number of hydrogen-bond donors (Lipinski definition) is 1. The highest BCUT2D eigenvalue weighted by Gasteiger charge is 2.19. The summed E-state index contributed by atoms with van der Waals surface area (Å²) >= 11 is 0. The summed E-state index contributed by atoms with van der Waals surface area (Å²) in [5.41, 5.74) is 8.52. The maximum atomic E-state index is 13.4. The molecule has 172 valence electrons. The monoisotopic (exact) mass is 428 g/mol. The van der Waals surface area contributed by atoms with Crippen LogP contribution in [0.4, 0.5) is 5.69 Å². The molecule has 31 heavy (non-hydrogen) atoms. The van der Waals surface area contributed by atoms with Gasteiger partial charge in [0, 0.05) is 17.6 Å². The van der Waals surface area contributed by atoms with Gasteiger partial charge in [-0.3, -0.25) is 4.79 Å². The van der Waals surface area contributed by atoms with Crippen molar-refractivity contribution in [2.45, 2.75) is 85.6 Å². The zero-order valence-corrected chi connectivity index (χ0v) is 19.8. The van der Waals surface area contributed by atoms with E-state index in [-0.39, 0.29) is 5.56 Å². The van der Waals surface area contributed by atoms with Crippen LogP contribution in [-0.2, 0) is 6.54 Å². The quantitative estimate of drug-likeness (QED) is 0.213. The molecule has 1 heterocycles. The molecule has 0 saturated heterocycles. The summed E-state index contributed by atoms with van der Waals surface area (Å²) in [7, 11) is 0. The number of hydrogen-bond acceptors (Lipinski definition) is 4. The smallest absolute Gasteiger partial charge is 0.297 e. The molecule has 5 nitrogen and oxygen atoms in total. The molecule has 0 saturated carbocycles. The molecule has 0 radical (unpaired) electrons. The SMILES string of the molecule is CCCCCCCCOc1c(OCC=C(C)C)c2ccc(N)cc2n(CCCC)c1=O. The highest BCUT2D eigenvalue weighted by atomic mass is 16.5. The second kappa shape index (κ2) is 13.1. The van der Waals surface area contributed by atoms with Crippen molar-refractivity contribution in [1.82, 2.24) is 4.57 Å². The number of nitrogen functional groups attached to an aromatic ring is 1. The number of allylic oxidation sites excluding steroid dienone is 1. The zero-order chi connectivity index (χ0) is 22.6. The van der Waals surface area contributed by atoms with Gasteiger partial charge in [0.05, 0.1) is 12.1 Å². The molecule has 0 aliphatic heterocycles. The van der Waals surface area contributed by atoms with Crippen LogP contribution >= 0.6 is 0 Å². The minimum atomic E-state index is -0.135. The van der Waals surface area contributed by atoms with Crippen LogP contribution < -0.4 is 20.8 Å². The van der Waals surface area contributed by atoms with E-state index in [1.165, 1.54) is 31.3 Å². The summed E-state index contributed by atoms with van der Waals surface area (Å²) in [5, 5.41) is 0.866. The third kappa shape index (κ3) is 7.34. The first-order valence-electron chi connectivity index (χ1n) is 11.8. The predicted octanol–water partition coefficient (Wildman–Crippen LogP) is 6.47. The van der Waals surface area contributed by atoms with Crippen molar-refractivity contribution in [2.75, 3.05) is 18.9 Å². The van der Waals surface area contributed by atoms with Crippen molar-refractivity contribution < 1.29 is 9.47 Å². The van der Waals surface area contributed by atoms with E-state index in [1.54, 1.807) is 4.57 Å². The van der Waals surface area contributed by atoms with Crippen LogP contribution in [0, 0.1) is 0 Å². The minimum absolute atomic E-state index is 0.135. The third-order valence-corrected chi connectivity index (χ3v) is 5.40. The number of pyridine rings is 1. The third-order valence-electron chi connectivity index (χ3n) is 5.40. The molecule has 0 fully saturated rings. The number of nitrogens with zero attached hydrogens (tertiary/aromatic N) is 1. The Kier molecular flexibility index (Phi) is 10.5. The first kappa shape index (κ1) is 24.8. The standard InChI is InChI=1S/C26H40N2O3/c1-5-7-9-10-11-12-17-30-25-24(31-18-15-20(3)4)22-14-13-21(27)19-23(22)28(26(25)29)16-8-6-2/h13-15,19H,5-12,16-18,27H2,1-4H3. The van der Waals surface area contributed by atoms with Gasteiger partial charge in [0.1, 0.15) is 6.61 Å². The van der Waals surface area contributed by atoms with Gasteiger partial charge >= 0.3 is 0 Å². The average Bonchev–Trinajstić information content (AvgIpc) is 2.74. The molecule has 1 aromatic heterocycles. The fourth-order valence-corrected chi connectivity index (χ4v) is 3.57. The van der Waals surface area contributed by atoms with E-state index in [9.17, 15) is 4.79 Å². The van der Waals surface area contributed by atoms with E-state index in [1.807, 2.05) is 38.1 Å². The Morgan fingerprint density at radius 3 is 2.39 bits per heavy atom. The van der Waals surface area contributed by atoms with Crippen LogP contribution in [0.3, 0.4) is 0 Å². The lowest BCUT2D eigenvalue weighted by Gasteiger charge is -2.18. The summed E-state index contributed by atoms with van der Waals surface area (Å²) in [4.78, 5) is 13.4. The van der Waals surface area contributed by atoms with Crippen molar-refractivity contribution in [2.24, 2.45) is 0 Å². The molecule has 1 aromatic carbocycles. The number of unbranched alkanes of at least 4 members (excludes halogenated alkanes) is 6. The molecule has 0 bridgehead atoms. The number of ether oxygens (including phenoxy) is 2. The second-order valence-electron chi connectivity index (χ2n) is 8.45. The lowest BCUT2D eigenvalue weighted by molar-refractivity contribution is 0.272. The summed E-state index contributed by atoms with van der Waals surface area (Å²) in [6.45, 7) is 9.95. The van der Waals surface area contributed by atoms with E-state index in [0.717, 1.165) is 36.6 Å². The van der Waals surface area contributed by atoms with Gasteiger partial charge in [-0.05, 0) is 51.0 Å². The Bertz CT molecular complexity index is 911. The topological polar surface area (TPSA) is 66.5 Å². The van der Waals surface area contributed by atoms with Gasteiger partial charge in [0.25, 0.3) is 5.56 Å². The number of anilines is 1. The molecule has 0 unspecified atom stereocenters. The summed E-state index contributed by atoms with van der Waals surface area (Å²) in [6, 6.07) is 5.64. The molecule has 0 atom stereocenters. The highest BCUT2D eigenvalue weighted by Crippen LogP contribution is 2.34. The van der Waals surface area contributed by atoms with Gasteiger partial charge in [-0.15, -0.1) is 0 Å². The van der Waals surface area contributed by atoms with Gasteiger partial charge in [-0.25, -0.2) is 0 Å². The van der Waals surface area contributed by atoms with Crippen molar-refractivity contribution in [3.05, 3.63) is 40.2 Å². The van der Waals surface area contributed by atoms with Gasteiger partial charge in [-0.2, -0.15) is 0 Å². The number of nitrogens with two attached hydrogens (primary N) is 1. The van der Waals surface area contributed by atoms with Crippen LogP contribution in [0.2, 0.25) is 0 Å². The number of aromatic nitrogens is 1. The van der Waals surface area contributed by atoms with Crippen LogP contribution in [0.5, 0.6) is 11.5 Å². The van der Waals surface area contributed by atoms with Crippen molar-refractivity contribution in [3.63, 3.8) is 0 Å². The lowest BCUT2D eigenvalue weighted by Crippen LogP contribution is -2.24. The fourth-order valence-electron chi connectivity index (χ4n) is 3.57. The first-order chi connectivity index (χ1) is 15.0. The Balaban J connectivity index is 2.37. The van der Waals surface area contributed by atoms with Crippen molar-refractivity contribution in [3.8, 4) is 11.5 Å². The van der Waals surface area contributed by atoms with Gasteiger partial charge in [0.2, 0.25) is 5.75 Å². The molecule has 0 aliphatic carbocycles. The van der Waals surface area contributed by atoms with E-state index < -0.39 is 0 Å². The average molecular weight is 429 g/mol. The number of rotatable bonds is 14. The van der Waals surface area contributed by atoms with Crippen LogP contribution in [0.15, 0.2) is 34.6 Å². The molecule has 5 heteroatoms. The van der Waals surface area contributed by atoms with Gasteiger partial charge < -0.3 is 19.8 Å². The number of aryl methyl sites for hydroxylation is 1. The molecule has 0 spiro atoms. The van der Waals surface area contributed by atoms with E-state index in [2.05, 4.69) is 13.8 Å². The maximum Gasteiger partial charge on any atom is 0.297 e. The zero-order valence-electron chi connectivity index (χ0n) is 19.8. The summed E-state index contributed by atoms with van der Waals surface area (Å²) in [6.07, 6.45) is 11.0. The largest absolute Gasteiger partial charge is 0.485 e. The Hall–Kier alpha value is -2.43. The lowest BCUT2D eigenvalue weighted by atomic mass is 10.1. The van der Waals surface area contributed by atoms with E-state index >= 15 is 0 Å².